The molecular formula is C79H52N6. The number of fused-ring (bicyclic) bond motifs is 9. The molecule has 2 heterocycles. The molecule has 6 nitrogen and oxygen atoms in total. The predicted octanol–water partition coefficient (Wildman–Crippen LogP) is 19.0. The van der Waals surface area contributed by atoms with E-state index in [-0.39, 0.29) is 0 Å². The minimum atomic E-state index is -0.682. The van der Waals surface area contributed by atoms with Gasteiger partial charge < -0.3 is 0 Å². The number of hydrogen-bond donors (Lipinski definition) is 0. The van der Waals surface area contributed by atoms with Crippen LogP contribution in [0.15, 0.2) is 297 Å². The Hall–Kier alpha value is -11.1. The highest BCUT2D eigenvalue weighted by atomic mass is 15.0. The molecule has 0 amide bonds. The van der Waals surface area contributed by atoms with Crippen molar-refractivity contribution in [3.63, 3.8) is 0 Å². The first-order chi connectivity index (χ1) is 42.1. The van der Waals surface area contributed by atoms with Crippen molar-refractivity contribution in [1.29, 1.82) is 0 Å². The average molecular weight is 1090 g/mol. The first kappa shape index (κ1) is 49.7. The number of benzene rings is 11. The molecule has 2 aromatic heterocycles. The van der Waals surface area contributed by atoms with E-state index in [1.807, 2.05) is 12.1 Å². The van der Waals surface area contributed by atoms with Crippen molar-refractivity contribution >= 4 is 11.1 Å². The van der Waals surface area contributed by atoms with Crippen LogP contribution < -0.4 is 0 Å². The Morgan fingerprint density at radius 3 is 0.929 bits per heavy atom. The lowest BCUT2D eigenvalue weighted by molar-refractivity contribution is 0.781. The second-order valence-corrected chi connectivity index (χ2v) is 22.1. The molecule has 6 heteroatoms. The van der Waals surface area contributed by atoms with Crippen molar-refractivity contribution in [2.45, 2.75) is 18.3 Å². The monoisotopic (exact) mass is 1080 g/mol. The van der Waals surface area contributed by atoms with Crippen molar-refractivity contribution in [2.75, 3.05) is 0 Å². The summed E-state index contributed by atoms with van der Waals surface area (Å²) in [4.78, 5) is 32.4. The van der Waals surface area contributed by atoms with Gasteiger partial charge in [-0.05, 0) is 138 Å². The van der Waals surface area contributed by atoms with Crippen LogP contribution in [0.3, 0.4) is 0 Å². The molecule has 11 aromatic carbocycles. The second-order valence-electron chi connectivity index (χ2n) is 22.1. The number of aromatic nitrogens is 6. The van der Waals surface area contributed by atoms with E-state index in [1.54, 1.807) is 0 Å². The predicted molar refractivity (Wildman–Crippen MR) is 344 cm³/mol. The van der Waals surface area contributed by atoms with Crippen LogP contribution in [0, 0.1) is 0 Å². The van der Waals surface area contributed by atoms with E-state index >= 15 is 0 Å². The largest absolute Gasteiger partial charge is 0.209 e. The number of allylic oxidation sites excluding steroid dienone is 4. The molecule has 1 spiro atoms. The van der Waals surface area contributed by atoms with E-state index in [4.69, 9.17) is 29.9 Å². The molecule has 0 saturated heterocycles. The summed E-state index contributed by atoms with van der Waals surface area (Å²) in [5.41, 5.74) is 23.8. The van der Waals surface area contributed by atoms with Gasteiger partial charge >= 0.3 is 0 Å². The topological polar surface area (TPSA) is 77.3 Å². The smallest absolute Gasteiger partial charge is 0.164 e. The molecule has 13 aromatic rings. The first-order valence-electron chi connectivity index (χ1n) is 29.0. The molecule has 0 aliphatic heterocycles. The van der Waals surface area contributed by atoms with Crippen molar-refractivity contribution in [3.05, 3.63) is 325 Å². The van der Waals surface area contributed by atoms with Gasteiger partial charge in [0.1, 0.15) is 0 Å². The van der Waals surface area contributed by atoms with Gasteiger partial charge in [0.05, 0.1) is 5.41 Å². The van der Waals surface area contributed by atoms with E-state index in [1.165, 1.54) is 44.5 Å². The number of rotatable bonds is 10. The highest BCUT2D eigenvalue weighted by Crippen LogP contribution is 2.64. The van der Waals surface area contributed by atoms with Crippen molar-refractivity contribution < 1.29 is 0 Å². The van der Waals surface area contributed by atoms with Gasteiger partial charge in [-0.2, -0.15) is 0 Å². The number of nitrogens with zero attached hydrogens (tertiary/aromatic N) is 6. The van der Waals surface area contributed by atoms with Gasteiger partial charge in [-0.15, -0.1) is 0 Å². The summed E-state index contributed by atoms with van der Waals surface area (Å²) in [5.74, 6) is 3.74. The fourth-order valence-corrected chi connectivity index (χ4v) is 13.2. The van der Waals surface area contributed by atoms with Crippen molar-refractivity contribution in [2.24, 2.45) is 0 Å². The highest BCUT2D eigenvalue weighted by molar-refractivity contribution is 5.99. The molecule has 85 heavy (non-hydrogen) atoms. The Balaban J connectivity index is 0.877. The Morgan fingerprint density at radius 1 is 0.224 bits per heavy atom. The lowest BCUT2D eigenvalue weighted by atomic mass is 9.68. The standard InChI is InChI=1S/C79H52N6/c1-5-21-51(22-6-1)55-29-17-33-59(45-55)73-80-74(60-34-18-30-56(46-60)52-23-7-2-8-24-52)83-77(82-73)63-41-43-67-68-44-42-64(50-72(68)79(71(67)49-63)69-39-15-13-37-65(69)66-38-14-16-40-70(66)79)78-84-75(61-35-19-31-57(47-61)53-25-9-3-10-26-53)81-76(85-78)62-36-20-32-58(48-62)54-27-11-4-12-28-54/h1-41,43,45-50H,42,44H2. The van der Waals surface area contributed by atoms with Gasteiger partial charge in [0, 0.05) is 27.8 Å². The zero-order valence-electron chi connectivity index (χ0n) is 46.3. The van der Waals surface area contributed by atoms with E-state index in [9.17, 15) is 0 Å². The Labute approximate surface area is 494 Å². The van der Waals surface area contributed by atoms with Crippen LogP contribution in [-0.4, -0.2) is 29.9 Å². The van der Waals surface area contributed by atoms with E-state index in [0.29, 0.717) is 34.9 Å². The zero-order valence-corrected chi connectivity index (χ0v) is 46.3. The number of hydrogen-bond acceptors (Lipinski definition) is 6. The fraction of sp³-hybridized carbons (Fsp3) is 0.0380. The minimum absolute atomic E-state index is 0.603. The third-order valence-electron chi connectivity index (χ3n) is 17.1. The highest BCUT2D eigenvalue weighted by Gasteiger charge is 2.53. The van der Waals surface area contributed by atoms with E-state index < -0.39 is 5.41 Å². The first-order valence-corrected chi connectivity index (χ1v) is 29.0. The van der Waals surface area contributed by atoms with Crippen molar-refractivity contribution in [1.82, 2.24) is 29.9 Å². The molecule has 0 bridgehead atoms. The van der Waals surface area contributed by atoms with Crippen LogP contribution in [0.1, 0.15) is 40.9 Å². The molecular weight excluding hydrogens is 1030 g/mol. The van der Waals surface area contributed by atoms with Crippen molar-refractivity contribution in [3.8, 4) is 113 Å². The molecule has 3 aliphatic rings. The molecule has 0 N–H and O–H groups in total. The van der Waals surface area contributed by atoms with Gasteiger partial charge in [0.25, 0.3) is 0 Å². The molecule has 0 unspecified atom stereocenters. The molecule has 0 fully saturated rings. The van der Waals surface area contributed by atoms with Crippen LogP contribution in [0.2, 0.25) is 0 Å². The SMILES string of the molecule is C1=C(c2nc(-c3cccc(-c4ccccc4)c3)nc(-c3cccc(-c4ccccc4)c3)n2)CCC2=C1C1(c3cc(-c4nc(-c5cccc(-c6ccccc6)c5)nc(-c5cccc(-c6ccccc6)c5)n4)ccc32)c2ccccc2-c2ccccc21. The van der Waals surface area contributed by atoms with Gasteiger partial charge in [-0.25, -0.2) is 29.9 Å². The summed E-state index contributed by atoms with van der Waals surface area (Å²) in [6.07, 6.45) is 3.96. The average Bonchev–Trinajstić information content (AvgIpc) is 1.57. The summed E-state index contributed by atoms with van der Waals surface area (Å²) in [5, 5.41) is 0. The molecule has 0 radical (unpaired) electrons. The summed E-state index contributed by atoms with van der Waals surface area (Å²) < 4.78 is 0. The summed E-state index contributed by atoms with van der Waals surface area (Å²) in [6.45, 7) is 0. The maximum absolute atomic E-state index is 5.46. The van der Waals surface area contributed by atoms with Gasteiger partial charge in [-0.1, -0.05) is 261 Å². The van der Waals surface area contributed by atoms with Crippen LogP contribution >= 0.6 is 0 Å². The van der Waals surface area contributed by atoms with E-state index in [0.717, 1.165) is 90.7 Å². The Bertz CT molecular complexity index is 4570. The molecule has 3 aliphatic carbocycles. The summed E-state index contributed by atoms with van der Waals surface area (Å²) >= 11 is 0. The summed E-state index contributed by atoms with van der Waals surface area (Å²) in [6, 6.07) is 101. The summed E-state index contributed by atoms with van der Waals surface area (Å²) in [7, 11) is 0. The molecule has 398 valence electrons. The van der Waals surface area contributed by atoms with E-state index in [2.05, 4.69) is 279 Å². The lowest BCUT2D eigenvalue weighted by Gasteiger charge is -2.33. The Kier molecular flexibility index (Phi) is 12.1. The normalized spacial score (nSPS) is 13.4. The maximum Gasteiger partial charge on any atom is 0.164 e. The molecule has 16 rings (SSSR count). The minimum Gasteiger partial charge on any atom is -0.209 e. The Morgan fingerprint density at radius 2 is 0.541 bits per heavy atom. The van der Waals surface area contributed by atoms with Gasteiger partial charge in [-0.3, -0.25) is 0 Å². The van der Waals surface area contributed by atoms with Crippen LogP contribution in [0.25, 0.3) is 124 Å². The fourth-order valence-electron chi connectivity index (χ4n) is 13.2. The zero-order chi connectivity index (χ0) is 56.3. The van der Waals surface area contributed by atoms with Crippen LogP contribution in [0.4, 0.5) is 0 Å². The molecule has 0 atom stereocenters. The molecule has 0 saturated carbocycles. The van der Waals surface area contributed by atoms with Gasteiger partial charge in [0.15, 0.2) is 34.9 Å². The van der Waals surface area contributed by atoms with Gasteiger partial charge in [0.2, 0.25) is 0 Å². The second kappa shape index (κ2) is 20.7. The third-order valence-corrected chi connectivity index (χ3v) is 17.1. The van der Waals surface area contributed by atoms with Crippen LogP contribution in [0.5, 0.6) is 0 Å². The lowest BCUT2D eigenvalue weighted by Crippen LogP contribution is -2.27. The quantitative estimate of drug-likeness (QED) is 0.136. The maximum atomic E-state index is 5.46. The van der Waals surface area contributed by atoms with Crippen LogP contribution in [-0.2, 0) is 5.41 Å². The third kappa shape index (κ3) is 8.73.